The van der Waals surface area contributed by atoms with Crippen molar-refractivity contribution in [3.05, 3.63) is 48.0 Å². The van der Waals surface area contributed by atoms with E-state index in [1.807, 2.05) is 12.1 Å². The van der Waals surface area contributed by atoms with E-state index in [0.29, 0.717) is 5.92 Å². The summed E-state index contributed by atoms with van der Waals surface area (Å²) in [7, 11) is 0. The maximum absolute atomic E-state index is 3.01. The molecule has 2 rings (SSSR count). The second kappa shape index (κ2) is 2.30. The Bertz CT molecular complexity index is 233. The van der Waals surface area contributed by atoms with E-state index >= 15 is 0 Å². The van der Waals surface area contributed by atoms with E-state index in [1.165, 1.54) is 12.0 Å². The van der Waals surface area contributed by atoms with E-state index in [4.69, 9.17) is 0 Å². The molecule has 0 heteroatoms. The standard InChI is InChI=1S/C10H9/c1-2-5-9(6-3-1)10-7-4-8-10/h2-7,10H,8H2. The zero-order valence-corrected chi connectivity index (χ0v) is 5.75. The van der Waals surface area contributed by atoms with Crippen LogP contribution in [0.1, 0.15) is 17.9 Å². The molecule has 0 heterocycles. The molecule has 0 aromatic heterocycles. The molecule has 49 valence electrons. The van der Waals surface area contributed by atoms with Gasteiger partial charge in [-0.05, 0) is 18.1 Å². The molecule has 1 radical (unpaired) electrons. The van der Waals surface area contributed by atoms with Crippen LogP contribution in [0.4, 0.5) is 0 Å². The molecule has 0 bridgehead atoms. The summed E-state index contributed by atoms with van der Waals surface area (Å²) in [4.78, 5) is 0. The number of hydrogen-bond donors (Lipinski definition) is 0. The van der Waals surface area contributed by atoms with Gasteiger partial charge in [-0.15, -0.1) is 0 Å². The van der Waals surface area contributed by atoms with E-state index in [-0.39, 0.29) is 0 Å². The highest BCUT2D eigenvalue weighted by molar-refractivity contribution is 5.28. The Labute approximate surface area is 61.2 Å². The first kappa shape index (κ1) is 5.72. The highest BCUT2D eigenvalue weighted by Crippen LogP contribution is 2.27. The molecule has 1 atom stereocenters. The van der Waals surface area contributed by atoms with Crippen LogP contribution in [0.3, 0.4) is 0 Å². The molecule has 1 aliphatic carbocycles. The molecular weight excluding hydrogens is 120 g/mol. The van der Waals surface area contributed by atoms with Gasteiger partial charge in [-0.25, -0.2) is 0 Å². The zero-order chi connectivity index (χ0) is 6.81. The maximum Gasteiger partial charge on any atom is 0.00524 e. The molecule has 1 unspecified atom stereocenters. The van der Waals surface area contributed by atoms with Crippen molar-refractivity contribution in [3.63, 3.8) is 0 Å². The first-order valence-corrected chi connectivity index (χ1v) is 3.59. The average Bonchev–Trinajstić information content (AvgIpc) is 1.86. The van der Waals surface area contributed by atoms with Crippen molar-refractivity contribution in [2.75, 3.05) is 0 Å². The minimum atomic E-state index is 0.689. The summed E-state index contributed by atoms with van der Waals surface area (Å²) in [5.74, 6) is 0.689. The third-order valence-electron chi connectivity index (χ3n) is 1.93. The van der Waals surface area contributed by atoms with Gasteiger partial charge >= 0.3 is 0 Å². The zero-order valence-electron chi connectivity index (χ0n) is 5.75. The molecule has 1 aromatic carbocycles. The first-order chi connectivity index (χ1) is 4.97. The van der Waals surface area contributed by atoms with Crippen molar-refractivity contribution < 1.29 is 0 Å². The fourth-order valence-electron chi connectivity index (χ4n) is 1.17. The van der Waals surface area contributed by atoms with Crippen LogP contribution in [-0.4, -0.2) is 0 Å². The number of hydrogen-bond acceptors (Lipinski definition) is 0. The summed E-state index contributed by atoms with van der Waals surface area (Å²) in [6.07, 6.45) is 5.67. The fourth-order valence-corrected chi connectivity index (χ4v) is 1.17. The highest BCUT2D eigenvalue weighted by Gasteiger charge is 2.10. The minimum absolute atomic E-state index is 0.689. The molecule has 0 saturated heterocycles. The third kappa shape index (κ3) is 0.860. The van der Waals surface area contributed by atoms with Crippen LogP contribution < -0.4 is 0 Å². The van der Waals surface area contributed by atoms with Crippen LogP contribution in [0.5, 0.6) is 0 Å². The number of allylic oxidation sites excluding steroid dienone is 2. The Morgan fingerprint density at radius 3 is 2.50 bits per heavy atom. The van der Waals surface area contributed by atoms with Crippen molar-refractivity contribution in [1.82, 2.24) is 0 Å². The second-order valence-corrected chi connectivity index (χ2v) is 2.60. The maximum atomic E-state index is 3.01. The van der Waals surface area contributed by atoms with Gasteiger partial charge in [0.05, 0.1) is 0 Å². The van der Waals surface area contributed by atoms with Crippen molar-refractivity contribution in [3.8, 4) is 0 Å². The molecule has 0 aliphatic heterocycles. The Morgan fingerprint density at radius 1 is 1.30 bits per heavy atom. The van der Waals surface area contributed by atoms with Gasteiger partial charge in [0.25, 0.3) is 0 Å². The lowest BCUT2D eigenvalue weighted by Crippen LogP contribution is -1.99. The SMILES string of the molecule is [c]1ccc(C2C=CC2)cc1. The van der Waals surface area contributed by atoms with Gasteiger partial charge in [0.2, 0.25) is 0 Å². The van der Waals surface area contributed by atoms with E-state index in [2.05, 4.69) is 30.4 Å². The predicted molar refractivity (Wildman–Crippen MR) is 41.8 cm³/mol. The fraction of sp³-hybridized carbons (Fsp3) is 0.200. The topological polar surface area (TPSA) is 0 Å². The van der Waals surface area contributed by atoms with Crippen LogP contribution in [0.15, 0.2) is 36.4 Å². The van der Waals surface area contributed by atoms with Crippen LogP contribution in [0.2, 0.25) is 0 Å². The minimum Gasteiger partial charge on any atom is -0.0870 e. The molecular formula is C10H9. The quantitative estimate of drug-likeness (QED) is 0.511. The molecule has 0 amide bonds. The van der Waals surface area contributed by atoms with Crippen LogP contribution >= 0.6 is 0 Å². The van der Waals surface area contributed by atoms with Gasteiger partial charge < -0.3 is 0 Å². The smallest absolute Gasteiger partial charge is 0.00524 e. The van der Waals surface area contributed by atoms with Gasteiger partial charge in [-0.2, -0.15) is 0 Å². The Morgan fingerprint density at radius 2 is 2.00 bits per heavy atom. The normalized spacial score (nSPS) is 22.2. The lowest BCUT2D eigenvalue weighted by atomic mass is 9.88. The van der Waals surface area contributed by atoms with E-state index in [0.717, 1.165) is 0 Å². The van der Waals surface area contributed by atoms with Crippen molar-refractivity contribution >= 4 is 0 Å². The molecule has 0 saturated carbocycles. The van der Waals surface area contributed by atoms with E-state index in [1.54, 1.807) is 0 Å². The molecule has 0 N–H and O–H groups in total. The molecule has 1 aliphatic rings. The van der Waals surface area contributed by atoms with Gasteiger partial charge in [-0.1, -0.05) is 36.4 Å². The summed E-state index contributed by atoms with van der Waals surface area (Å²) < 4.78 is 0. The average molecular weight is 129 g/mol. The third-order valence-corrected chi connectivity index (χ3v) is 1.93. The Hall–Kier alpha value is -1.04. The Kier molecular flexibility index (Phi) is 1.31. The van der Waals surface area contributed by atoms with Gasteiger partial charge in [0.15, 0.2) is 0 Å². The summed E-state index contributed by atoms with van der Waals surface area (Å²) in [5, 5.41) is 0. The van der Waals surface area contributed by atoms with Crippen LogP contribution in [-0.2, 0) is 0 Å². The van der Waals surface area contributed by atoms with Crippen LogP contribution in [0.25, 0.3) is 0 Å². The van der Waals surface area contributed by atoms with E-state index < -0.39 is 0 Å². The summed E-state index contributed by atoms with van der Waals surface area (Å²) in [6.45, 7) is 0. The largest absolute Gasteiger partial charge is 0.0870 e. The van der Waals surface area contributed by atoms with Gasteiger partial charge in [0, 0.05) is 5.92 Å². The van der Waals surface area contributed by atoms with E-state index in [9.17, 15) is 0 Å². The molecule has 10 heavy (non-hydrogen) atoms. The van der Waals surface area contributed by atoms with Crippen molar-refractivity contribution in [2.24, 2.45) is 0 Å². The summed E-state index contributed by atoms with van der Waals surface area (Å²) in [6, 6.07) is 11.2. The highest BCUT2D eigenvalue weighted by atomic mass is 14.1. The number of benzene rings is 1. The van der Waals surface area contributed by atoms with Gasteiger partial charge in [-0.3, -0.25) is 0 Å². The van der Waals surface area contributed by atoms with Crippen molar-refractivity contribution in [1.29, 1.82) is 0 Å². The molecule has 0 nitrogen and oxygen atoms in total. The molecule has 0 spiro atoms. The second-order valence-electron chi connectivity index (χ2n) is 2.60. The van der Waals surface area contributed by atoms with Crippen molar-refractivity contribution in [2.45, 2.75) is 12.3 Å². The molecule has 1 aromatic rings. The lowest BCUT2D eigenvalue weighted by Gasteiger charge is -2.17. The predicted octanol–water partition coefficient (Wildman–Crippen LogP) is 2.53. The molecule has 0 fully saturated rings. The summed E-state index contributed by atoms with van der Waals surface area (Å²) in [5.41, 5.74) is 1.42. The monoisotopic (exact) mass is 129 g/mol. The Balaban J connectivity index is 2.26. The lowest BCUT2D eigenvalue weighted by molar-refractivity contribution is 0.793. The number of rotatable bonds is 1. The van der Waals surface area contributed by atoms with Crippen LogP contribution in [0, 0.1) is 6.07 Å². The first-order valence-electron chi connectivity index (χ1n) is 3.59. The summed E-state index contributed by atoms with van der Waals surface area (Å²) >= 11 is 0. The van der Waals surface area contributed by atoms with Gasteiger partial charge in [0.1, 0.15) is 0 Å².